The molecular formula is C20H25NO4S2. The summed E-state index contributed by atoms with van der Waals surface area (Å²) in [7, 11) is 1.62. The topological polar surface area (TPSA) is 48.0 Å². The lowest BCUT2D eigenvalue weighted by Crippen LogP contribution is -2.35. The van der Waals surface area contributed by atoms with E-state index in [4.69, 9.17) is 26.4 Å². The number of rotatable bonds is 8. The van der Waals surface area contributed by atoms with Crippen LogP contribution in [-0.4, -0.2) is 48.1 Å². The van der Waals surface area contributed by atoms with Crippen LogP contribution in [0.15, 0.2) is 23.1 Å². The second kappa shape index (κ2) is 9.57. The third kappa shape index (κ3) is 5.03. The summed E-state index contributed by atoms with van der Waals surface area (Å²) in [5.41, 5.74) is 0.882. The largest absolute Gasteiger partial charge is 0.493 e. The Balaban J connectivity index is 1.71. The third-order valence-corrected chi connectivity index (χ3v) is 5.90. The maximum Gasteiger partial charge on any atom is 0.266 e. The Morgan fingerprint density at radius 2 is 2.26 bits per heavy atom. The highest BCUT2D eigenvalue weighted by Crippen LogP contribution is 2.35. The van der Waals surface area contributed by atoms with Gasteiger partial charge in [-0.3, -0.25) is 9.69 Å². The Labute approximate surface area is 170 Å². The lowest BCUT2D eigenvalue weighted by atomic mass is 10.1. The number of carbonyl (C=O) groups is 1. The number of hydrogen-bond donors (Lipinski definition) is 0. The van der Waals surface area contributed by atoms with Crippen molar-refractivity contribution in [3.05, 3.63) is 28.7 Å². The minimum atomic E-state index is -0.0530. The molecule has 7 heteroatoms. The van der Waals surface area contributed by atoms with Gasteiger partial charge in [0.15, 0.2) is 11.5 Å². The molecule has 3 rings (SSSR count). The van der Waals surface area contributed by atoms with Gasteiger partial charge in [0.25, 0.3) is 5.91 Å². The van der Waals surface area contributed by atoms with E-state index in [9.17, 15) is 4.79 Å². The van der Waals surface area contributed by atoms with E-state index in [1.807, 2.05) is 24.3 Å². The van der Waals surface area contributed by atoms with Gasteiger partial charge in [0, 0.05) is 6.61 Å². The number of carbonyl (C=O) groups excluding carboxylic acids is 1. The molecule has 5 nitrogen and oxygen atoms in total. The zero-order valence-corrected chi connectivity index (χ0v) is 17.4. The van der Waals surface area contributed by atoms with Crippen LogP contribution in [0.1, 0.15) is 38.2 Å². The van der Waals surface area contributed by atoms with Gasteiger partial charge in [-0.05, 0) is 43.0 Å². The molecule has 0 N–H and O–H groups in total. The molecule has 1 aromatic carbocycles. The molecule has 2 heterocycles. The van der Waals surface area contributed by atoms with E-state index in [2.05, 4.69) is 6.92 Å². The quantitative estimate of drug-likeness (QED) is 0.365. The average Bonchev–Trinajstić information content (AvgIpc) is 3.27. The van der Waals surface area contributed by atoms with Gasteiger partial charge in [0.1, 0.15) is 4.32 Å². The molecule has 0 saturated carbocycles. The van der Waals surface area contributed by atoms with Gasteiger partial charge in [-0.2, -0.15) is 0 Å². The van der Waals surface area contributed by atoms with Crippen LogP contribution in [0, 0.1) is 0 Å². The number of benzene rings is 1. The molecule has 27 heavy (non-hydrogen) atoms. The maximum absolute atomic E-state index is 12.7. The zero-order chi connectivity index (χ0) is 19.2. The fourth-order valence-electron chi connectivity index (χ4n) is 3.02. The van der Waals surface area contributed by atoms with E-state index in [0.29, 0.717) is 33.9 Å². The van der Waals surface area contributed by atoms with Crippen LogP contribution in [0.25, 0.3) is 6.08 Å². The van der Waals surface area contributed by atoms with Crippen molar-refractivity contribution >= 4 is 40.3 Å². The molecule has 0 unspecified atom stereocenters. The molecular weight excluding hydrogens is 382 g/mol. The zero-order valence-electron chi connectivity index (χ0n) is 15.7. The van der Waals surface area contributed by atoms with Crippen LogP contribution in [0.4, 0.5) is 0 Å². The second-order valence-electron chi connectivity index (χ2n) is 6.54. The highest BCUT2D eigenvalue weighted by molar-refractivity contribution is 8.26. The molecule has 0 aliphatic carbocycles. The molecule has 1 aromatic rings. The molecule has 0 bridgehead atoms. The molecule has 1 atom stereocenters. The first kappa shape index (κ1) is 20.2. The Kier molecular flexibility index (Phi) is 7.15. The fourth-order valence-corrected chi connectivity index (χ4v) is 4.30. The predicted molar refractivity (Wildman–Crippen MR) is 112 cm³/mol. The van der Waals surface area contributed by atoms with E-state index < -0.39 is 0 Å². The molecule has 146 valence electrons. The summed E-state index contributed by atoms with van der Waals surface area (Å²) in [6.45, 7) is 4.09. The van der Waals surface area contributed by atoms with Gasteiger partial charge in [0.2, 0.25) is 0 Å². The SMILES string of the molecule is CCCCOc1ccc(/C=C2\SC(=S)N(C[C@H]3CCCO3)C2=O)cc1OC. The number of ether oxygens (including phenoxy) is 3. The van der Waals surface area contributed by atoms with Gasteiger partial charge in [-0.15, -0.1) is 0 Å². The van der Waals surface area contributed by atoms with Crippen molar-refractivity contribution in [2.75, 3.05) is 26.9 Å². The van der Waals surface area contributed by atoms with Gasteiger partial charge < -0.3 is 14.2 Å². The lowest BCUT2D eigenvalue weighted by molar-refractivity contribution is -0.123. The van der Waals surface area contributed by atoms with Crippen molar-refractivity contribution < 1.29 is 19.0 Å². The summed E-state index contributed by atoms with van der Waals surface area (Å²) in [6, 6.07) is 5.69. The van der Waals surface area contributed by atoms with Crippen LogP contribution in [-0.2, 0) is 9.53 Å². The second-order valence-corrected chi connectivity index (χ2v) is 8.22. The summed E-state index contributed by atoms with van der Waals surface area (Å²) in [5, 5.41) is 0. The van der Waals surface area contributed by atoms with Crippen LogP contribution in [0.2, 0.25) is 0 Å². The summed E-state index contributed by atoms with van der Waals surface area (Å²) in [6.07, 6.45) is 6.04. The minimum Gasteiger partial charge on any atom is -0.493 e. The fraction of sp³-hybridized carbons (Fsp3) is 0.500. The molecule has 2 aliphatic rings. The molecule has 1 amide bonds. The Bertz CT molecular complexity index is 729. The van der Waals surface area contributed by atoms with Crippen molar-refractivity contribution in [2.45, 2.75) is 38.7 Å². The van der Waals surface area contributed by atoms with Crippen molar-refractivity contribution in [1.82, 2.24) is 4.90 Å². The predicted octanol–water partition coefficient (Wildman–Crippen LogP) is 4.25. The number of unbranched alkanes of at least 4 members (excludes halogenated alkanes) is 1. The smallest absolute Gasteiger partial charge is 0.266 e. The first-order chi connectivity index (χ1) is 13.1. The van der Waals surface area contributed by atoms with Crippen LogP contribution in [0.3, 0.4) is 0 Å². The highest BCUT2D eigenvalue weighted by atomic mass is 32.2. The van der Waals surface area contributed by atoms with Crippen LogP contribution in [0.5, 0.6) is 11.5 Å². The molecule has 2 saturated heterocycles. The van der Waals surface area contributed by atoms with Crippen molar-refractivity contribution in [2.24, 2.45) is 0 Å². The van der Waals surface area contributed by atoms with Crippen LogP contribution < -0.4 is 9.47 Å². The van der Waals surface area contributed by atoms with Gasteiger partial charge >= 0.3 is 0 Å². The number of thiocarbonyl (C=S) groups is 1. The molecule has 0 radical (unpaired) electrons. The van der Waals surface area contributed by atoms with E-state index in [0.717, 1.165) is 37.9 Å². The van der Waals surface area contributed by atoms with E-state index in [1.165, 1.54) is 11.8 Å². The summed E-state index contributed by atoms with van der Waals surface area (Å²) < 4.78 is 17.4. The maximum atomic E-state index is 12.7. The van der Waals surface area contributed by atoms with Gasteiger partial charge in [-0.25, -0.2) is 0 Å². The Morgan fingerprint density at radius 1 is 1.41 bits per heavy atom. The lowest BCUT2D eigenvalue weighted by Gasteiger charge is -2.18. The number of hydrogen-bond acceptors (Lipinski definition) is 6. The number of methoxy groups -OCH3 is 1. The van der Waals surface area contributed by atoms with Gasteiger partial charge in [0.05, 0.1) is 31.3 Å². The Hall–Kier alpha value is -1.57. The van der Waals surface area contributed by atoms with Crippen LogP contribution >= 0.6 is 24.0 Å². The normalized spacial score (nSPS) is 21.3. The highest BCUT2D eigenvalue weighted by Gasteiger charge is 2.34. The average molecular weight is 408 g/mol. The first-order valence-electron chi connectivity index (χ1n) is 9.30. The molecule has 0 spiro atoms. The van der Waals surface area contributed by atoms with E-state index >= 15 is 0 Å². The number of amides is 1. The molecule has 2 aliphatic heterocycles. The van der Waals surface area contributed by atoms with Crippen molar-refractivity contribution in [3.8, 4) is 11.5 Å². The minimum absolute atomic E-state index is 0.0530. The summed E-state index contributed by atoms with van der Waals surface area (Å²) in [4.78, 5) is 15.0. The summed E-state index contributed by atoms with van der Waals surface area (Å²) in [5.74, 6) is 1.33. The number of thioether (sulfide) groups is 1. The molecule has 0 aromatic heterocycles. The Morgan fingerprint density at radius 3 is 2.96 bits per heavy atom. The standard InChI is InChI=1S/C20H25NO4S2/c1-3-4-9-25-16-8-7-14(11-17(16)23-2)12-18-19(22)21(20(26)27-18)13-15-6-5-10-24-15/h7-8,11-12,15H,3-6,9-10,13H2,1-2H3/b18-12-/t15-/m1/s1. The number of nitrogens with zero attached hydrogens (tertiary/aromatic N) is 1. The monoisotopic (exact) mass is 407 g/mol. The van der Waals surface area contributed by atoms with E-state index in [1.54, 1.807) is 12.0 Å². The third-order valence-electron chi connectivity index (χ3n) is 4.52. The van der Waals surface area contributed by atoms with Crippen molar-refractivity contribution in [1.29, 1.82) is 0 Å². The first-order valence-corrected chi connectivity index (χ1v) is 10.5. The molecule has 2 fully saturated rings. The summed E-state index contributed by atoms with van der Waals surface area (Å²) >= 11 is 6.74. The van der Waals surface area contributed by atoms with E-state index in [-0.39, 0.29) is 12.0 Å². The van der Waals surface area contributed by atoms with Gasteiger partial charge in [-0.1, -0.05) is 43.4 Å². The van der Waals surface area contributed by atoms with Crippen molar-refractivity contribution in [3.63, 3.8) is 0 Å².